The maximum atomic E-state index is 12.3. The summed E-state index contributed by atoms with van der Waals surface area (Å²) in [7, 11) is 0. The number of aromatic amines is 1. The number of anilines is 3. The molecule has 0 aliphatic carbocycles. The van der Waals surface area contributed by atoms with Gasteiger partial charge in [-0.3, -0.25) is 4.79 Å². The number of aromatic nitrogens is 2. The molecule has 0 fully saturated rings. The summed E-state index contributed by atoms with van der Waals surface area (Å²) < 4.78 is 12.3. The average molecular weight is 313 g/mol. The summed E-state index contributed by atoms with van der Waals surface area (Å²) in [4.78, 5) is 18.5. The first-order chi connectivity index (χ1) is 11.2. The Hall–Kier alpha value is -3.09. The van der Waals surface area contributed by atoms with Crippen molar-refractivity contribution in [1.29, 1.82) is 0 Å². The minimum atomic E-state index is -0.461. The number of benzene rings is 1. The summed E-state index contributed by atoms with van der Waals surface area (Å²) in [5, 5.41) is 7.03. The number of hydrogen-bond acceptors (Lipinski definition) is 4. The van der Waals surface area contributed by atoms with E-state index in [1.54, 1.807) is 30.5 Å². The van der Waals surface area contributed by atoms with Crippen molar-refractivity contribution in [3.05, 3.63) is 48.2 Å². The van der Waals surface area contributed by atoms with Crippen LogP contribution in [0.25, 0.3) is 10.9 Å². The summed E-state index contributed by atoms with van der Waals surface area (Å²) in [6, 6.07) is 10.6. The van der Waals surface area contributed by atoms with Gasteiger partial charge in [0.15, 0.2) is 0 Å². The van der Waals surface area contributed by atoms with E-state index in [0.717, 1.165) is 22.4 Å². The molecule has 2 aromatic heterocycles. The molecule has 0 bridgehead atoms. The van der Waals surface area contributed by atoms with E-state index in [0.29, 0.717) is 11.4 Å². The van der Waals surface area contributed by atoms with Gasteiger partial charge < -0.3 is 21.4 Å². The van der Waals surface area contributed by atoms with Crippen molar-refractivity contribution in [3.63, 3.8) is 0 Å². The molecule has 5 N–H and O–H groups in total. The number of nitrogens with one attached hydrogen (secondary N) is 3. The van der Waals surface area contributed by atoms with E-state index in [4.69, 9.17) is 5.73 Å². The molecule has 3 aromatic rings. The van der Waals surface area contributed by atoms with Crippen molar-refractivity contribution in [2.75, 3.05) is 23.9 Å². The summed E-state index contributed by atoms with van der Waals surface area (Å²) in [5.74, 6) is 0.938. The molecule has 0 saturated carbocycles. The van der Waals surface area contributed by atoms with Gasteiger partial charge >= 0.3 is 0 Å². The van der Waals surface area contributed by atoms with E-state index in [-0.39, 0.29) is 6.54 Å². The first-order valence-electron chi connectivity index (χ1n) is 7.12. The SMILES string of the molecule is NC(=O)c1ccc(Nc2cc3c(NCCF)nccc3[nH]2)cc1. The van der Waals surface area contributed by atoms with Gasteiger partial charge in [0, 0.05) is 29.4 Å². The van der Waals surface area contributed by atoms with Gasteiger partial charge in [0.25, 0.3) is 0 Å². The molecule has 0 unspecified atom stereocenters. The Morgan fingerprint density at radius 1 is 1.26 bits per heavy atom. The van der Waals surface area contributed by atoms with Crippen LogP contribution in [-0.2, 0) is 0 Å². The van der Waals surface area contributed by atoms with Gasteiger partial charge in [-0.05, 0) is 36.4 Å². The molecule has 0 aliphatic rings. The van der Waals surface area contributed by atoms with Crippen molar-refractivity contribution in [3.8, 4) is 0 Å². The van der Waals surface area contributed by atoms with Crippen molar-refractivity contribution in [1.82, 2.24) is 9.97 Å². The van der Waals surface area contributed by atoms with Crippen LogP contribution in [0.1, 0.15) is 10.4 Å². The highest BCUT2D eigenvalue weighted by Crippen LogP contribution is 2.26. The number of nitrogens with zero attached hydrogens (tertiary/aromatic N) is 1. The first-order valence-corrected chi connectivity index (χ1v) is 7.12. The Morgan fingerprint density at radius 2 is 2.04 bits per heavy atom. The highest BCUT2D eigenvalue weighted by molar-refractivity contribution is 5.94. The second-order valence-corrected chi connectivity index (χ2v) is 4.99. The monoisotopic (exact) mass is 313 g/mol. The molecule has 0 radical (unpaired) electrons. The van der Waals surface area contributed by atoms with E-state index in [1.165, 1.54) is 0 Å². The molecule has 6 nitrogen and oxygen atoms in total. The number of alkyl halides is 1. The van der Waals surface area contributed by atoms with Crippen LogP contribution in [0, 0.1) is 0 Å². The smallest absolute Gasteiger partial charge is 0.248 e. The molecule has 1 amide bonds. The summed E-state index contributed by atoms with van der Waals surface area (Å²) in [5.41, 5.74) is 7.37. The van der Waals surface area contributed by atoms with Gasteiger partial charge in [-0.1, -0.05) is 0 Å². The van der Waals surface area contributed by atoms with Crippen LogP contribution in [-0.4, -0.2) is 29.1 Å². The number of nitrogens with two attached hydrogens (primary N) is 1. The van der Waals surface area contributed by atoms with E-state index in [2.05, 4.69) is 20.6 Å². The highest BCUT2D eigenvalue weighted by atomic mass is 19.1. The van der Waals surface area contributed by atoms with Crippen molar-refractivity contribution in [2.24, 2.45) is 5.73 Å². The Balaban J connectivity index is 1.84. The van der Waals surface area contributed by atoms with E-state index in [1.807, 2.05) is 12.1 Å². The fourth-order valence-corrected chi connectivity index (χ4v) is 2.30. The van der Waals surface area contributed by atoms with Crippen molar-refractivity contribution in [2.45, 2.75) is 0 Å². The van der Waals surface area contributed by atoms with Crippen LogP contribution < -0.4 is 16.4 Å². The second kappa shape index (κ2) is 6.35. The lowest BCUT2D eigenvalue weighted by atomic mass is 10.2. The number of primary amides is 1. The molecule has 23 heavy (non-hydrogen) atoms. The minimum Gasteiger partial charge on any atom is -0.367 e. The quantitative estimate of drug-likeness (QED) is 0.562. The molecular weight excluding hydrogens is 297 g/mol. The number of hydrogen-bond donors (Lipinski definition) is 4. The Morgan fingerprint density at radius 3 is 2.74 bits per heavy atom. The highest BCUT2D eigenvalue weighted by Gasteiger charge is 2.07. The van der Waals surface area contributed by atoms with Gasteiger partial charge in [0.2, 0.25) is 5.91 Å². The lowest BCUT2D eigenvalue weighted by Crippen LogP contribution is -2.10. The minimum absolute atomic E-state index is 0.217. The van der Waals surface area contributed by atoms with E-state index in [9.17, 15) is 9.18 Å². The fraction of sp³-hybridized carbons (Fsp3) is 0.125. The second-order valence-electron chi connectivity index (χ2n) is 4.99. The van der Waals surface area contributed by atoms with Gasteiger partial charge in [-0.15, -0.1) is 0 Å². The predicted octanol–water partition coefficient (Wildman–Crippen LogP) is 2.79. The molecular formula is C16H16FN5O. The third-order valence-electron chi connectivity index (χ3n) is 3.38. The van der Waals surface area contributed by atoms with Crippen LogP contribution in [0.2, 0.25) is 0 Å². The van der Waals surface area contributed by atoms with Crippen LogP contribution in [0.3, 0.4) is 0 Å². The predicted molar refractivity (Wildman–Crippen MR) is 88.8 cm³/mol. The normalized spacial score (nSPS) is 10.7. The standard InChI is InChI=1S/C16H16FN5O/c17-6-8-20-16-12-9-14(22-13(12)5-7-19-16)21-11-3-1-10(2-4-11)15(18)23/h1-5,7,9,21-22H,6,8H2,(H2,18,23)(H,19,20). The molecule has 0 spiro atoms. The van der Waals surface area contributed by atoms with Gasteiger partial charge in [-0.2, -0.15) is 0 Å². The van der Waals surface area contributed by atoms with Crippen molar-refractivity contribution >= 4 is 34.1 Å². The molecule has 0 atom stereocenters. The number of rotatable bonds is 6. The summed E-state index contributed by atoms with van der Waals surface area (Å²) in [6.45, 7) is -0.242. The van der Waals surface area contributed by atoms with Crippen LogP contribution in [0.15, 0.2) is 42.6 Å². The lowest BCUT2D eigenvalue weighted by molar-refractivity contribution is 0.100. The number of fused-ring (bicyclic) bond motifs is 1. The number of amides is 1. The molecule has 1 aromatic carbocycles. The molecule has 118 valence electrons. The van der Waals surface area contributed by atoms with E-state index >= 15 is 0 Å². The zero-order valence-electron chi connectivity index (χ0n) is 12.3. The van der Waals surface area contributed by atoms with Gasteiger partial charge in [0.1, 0.15) is 18.3 Å². The maximum absolute atomic E-state index is 12.3. The van der Waals surface area contributed by atoms with Crippen LogP contribution in [0.4, 0.5) is 21.7 Å². The zero-order valence-corrected chi connectivity index (χ0v) is 12.3. The number of pyridine rings is 1. The Bertz CT molecular complexity index is 828. The van der Waals surface area contributed by atoms with Crippen LogP contribution in [0.5, 0.6) is 0 Å². The third-order valence-corrected chi connectivity index (χ3v) is 3.38. The number of carbonyl (C=O) groups excluding carboxylic acids is 1. The number of H-pyrrole nitrogens is 1. The summed E-state index contributed by atoms with van der Waals surface area (Å²) >= 11 is 0. The largest absolute Gasteiger partial charge is 0.367 e. The topological polar surface area (TPSA) is 95.8 Å². The van der Waals surface area contributed by atoms with Crippen molar-refractivity contribution < 1.29 is 9.18 Å². The average Bonchev–Trinajstić information content (AvgIpc) is 2.96. The van der Waals surface area contributed by atoms with Crippen LogP contribution >= 0.6 is 0 Å². The molecule has 7 heteroatoms. The van der Waals surface area contributed by atoms with E-state index < -0.39 is 12.6 Å². The lowest BCUT2D eigenvalue weighted by Gasteiger charge is -2.04. The van der Waals surface area contributed by atoms with Gasteiger partial charge in [0.05, 0.1) is 5.52 Å². The molecule has 0 saturated heterocycles. The molecule has 0 aliphatic heterocycles. The first kappa shape index (κ1) is 14.8. The molecule has 2 heterocycles. The number of halogens is 1. The number of carbonyl (C=O) groups is 1. The maximum Gasteiger partial charge on any atom is 0.248 e. The van der Waals surface area contributed by atoms with Gasteiger partial charge in [-0.25, -0.2) is 9.37 Å². The third kappa shape index (κ3) is 3.23. The summed E-state index contributed by atoms with van der Waals surface area (Å²) in [6.07, 6.45) is 1.66. The fourth-order valence-electron chi connectivity index (χ4n) is 2.30. The molecule has 3 rings (SSSR count). The zero-order chi connectivity index (χ0) is 16.2. The Kier molecular flexibility index (Phi) is 4.09. The Labute approximate surface area is 131 Å².